The highest BCUT2D eigenvalue weighted by Gasteiger charge is 2.06. The van der Waals surface area contributed by atoms with Crippen LogP contribution in [0.3, 0.4) is 0 Å². The van der Waals surface area contributed by atoms with Crippen LogP contribution in [0.4, 0.5) is 5.69 Å². The first kappa shape index (κ1) is 10.6. The average molecular weight is 190 g/mol. The number of benzene rings is 1. The molecule has 0 bridgehead atoms. The Labute approximate surface area is 85.6 Å². The van der Waals surface area contributed by atoms with Crippen LogP contribution in [-0.2, 0) is 0 Å². The van der Waals surface area contributed by atoms with Crippen molar-refractivity contribution in [2.24, 2.45) is 5.73 Å². The zero-order chi connectivity index (χ0) is 10.7. The Morgan fingerprint density at radius 1 is 1.36 bits per heavy atom. The van der Waals surface area contributed by atoms with Crippen molar-refractivity contribution in [3.05, 3.63) is 35.0 Å². The van der Waals surface area contributed by atoms with E-state index in [1.165, 1.54) is 5.56 Å². The van der Waals surface area contributed by atoms with Gasteiger partial charge in [-0.15, -0.1) is 0 Å². The third-order valence-corrected chi connectivity index (χ3v) is 2.17. The van der Waals surface area contributed by atoms with E-state index in [0.29, 0.717) is 5.92 Å². The lowest BCUT2D eigenvalue weighted by molar-refractivity contribution is 0.864. The SMILES string of the molecule is C/C(N)=C/c1c(N)cccc1C(C)C. The zero-order valence-corrected chi connectivity index (χ0v) is 9.04. The predicted molar refractivity (Wildman–Crippen MR) is 62.8 cm³/mol. The Bertz CT molecular complexity index is 347. The molecule has 1 aromatic carbocycles. The minimum absolute atomic E-state index is 0.462. The second-order valence-corrected chi connectivity index (χ2v) is 3.89. The van der Waals surface area contributed by atoms with Crippen LogP contribution in [0.2, 0.25) is 0 Å². The van der Waals surface area contributed by atoms with Crippen LogP contribution < -0.4 is 11.5 Å². The van der Waals surface area contributed by atoms with Gasteiger partial charge in [0.25, 0.3) is 0 Å². The molecular weight excluding hydrogens is 172 g/mol. The zero-order valence-electron chi connectivity index (χ0n) is 9.04. The van der Waals surface area contributed by atoms with Crippen molar-refractivity contribution in [2.75, 3.05) is 5.73 Å². The first-order chi connectivity index (χ1) is 6.52. The first-order valence-electron chi connectivity index (χ1n) is 4.84. The van der Waals surface area contributed by atoms with Crippen molar-refractivity contribution in [2.45, 2.75) is 26.7 Å². The van der Waals surface area contributed by atoms with Gasteiger partial charge in [-0.1, -0.05) is 26.0 Å². The van der Waals surface area contributed by atoms with E-state index >= 15 is 0 Å². The molecular formula is C12H18N2. The van der Waals surface area contributed by atoms with Gasteiger partial charge in [-0.05, 0) is 30.5 Å². The molecule has 2 nitrogen and oxygen atoms in total. The molecule has 0 unspecified atom stereocenters. The lowest BCUT2D eigenvalue weighted by Crippen LogP contribution is -1.99. The van der Waals surface area contributed by atoms with Gasteiger partial charge < -0.3 is 11.5 Å². The van der Waals surface area contributed by atoms with Crippen LogP contribution in [-0.4, -0.2) is 0 Å². The van der Waals surface area contributed by atoms with Gasteiger partial charge in [-0.2, -0.15) is 0 Å². The Balaban J connectivity index is 3.30. The summed E-state index contributed by atoms with van der Waals surface area (Å²) in [6.45, 7) is 6.17. The molecule has 2 heteroatoms. The smallest absolute Gasteiger partial charge is 0.0391 e. The quantitative estimate of drug-likeness (QED) is 0.704. The average Bonchev–Trinajstić information content (AvgIpc) is 2.07. The number of nitrogen functional groups attached to an aromatic ring is 1. The van der Waals surface area contributed by atoms with E-state index in [-0.39, 0.29) is 0 Å². The van der Waals surface area contributed by atoms with Crippen molar-refractivity contribution in [1.82, 2.24) is 0 Å². The Kier molecular flexibility index (Phi) is 3.18. The molecule has 0 saturated carbocycles. The van der Waals surface area contributed by atoms with Crippen LogP contribution in [0.5, 0.6) is 0 Å². The summed E-state index contributed by atoms with van der Waals surface area (Å²) in [7, 11) is 0. The van der Waals surface area contributed by atoms with Gasteiger partial charge in [0.05, 0.1) is 0 Å². The molecule has 0 aliphatic rings. The first-order valence-corrected chi connectivity index (χ1v) is 4.84. The lowest BCUT2D eigenvalue weighted by atomic mass is 9.95. The van der Waals surface area contributed by atoms with Crippen LogP contribution >= 0.6 is 0 Å². The minimum atomic E-state index is 0.462. The standard InChI is InChI=1S/C12H18N2/c1-8(2)10-5-4-6-12(14)11(10)7-9(3)13/h4-8H,13-14H2,1-3H3/b9-7-. The maximum absolute atomic E-state index is 5.91. The van der Waals surface area contributed by atoms with E-state index in [1.54, 1.807) is 0 Å². The molecule has 0 aromatic heterocycles. The van der Waals surface area contributed by atoms with Gasteiger partial charge in [0.1, 0.15) is 0 Å². The van der Waals surface area contributed by atoms with E-state index in [2.05, 4.69) is 19.9 Å². The number of nitrogens with two attached hydrogens (primary N) is 2. The molecule has 1 aromatic rings. The van der Waals surface area contributed by atoms with Crippen LogP contribution in [0.25, 0.3) is 6.08 Å². The molecule has 0 amide bonds. The topological polar surface area (TPSA) is 52.0 Å². The highest BCUT2D eigenvalue weighted by molar-refractivity contribution is 5.69. The fraction of sp³-hybridized carbons (Fsp3) is 0.333. The van der Waals surface area contributed by atoms with Crippen LogP contribution in [0.1, 0.15) is 37.8 Å². The predicted octanol–water partition coefficient (Wildman–Crippen LogP) is 2.71. The molecule has 0 aliphatic heterocycles. The molecule has 0 spiro atoms. The lowest BCUT2D eigenvalue weighted by Gasteiger charge is -2.12. The third kappa shape index (κ3) is 2.28. The van der Waals surface area contributed by atoms with Gasteiger partial charge in [-0.3, -0.25) is 0 Å². The second kappa shape index (κ2) is 4.18. The van der Waals surface area contributed by atoms with E-state index in [9.17, 15) is 0 Å². The summed E-state index contributed by atoms with van der Waals surface area (Å²) in [6, 6.07) is 5.98. The van der Waals surface area contributed by atoms with E-state index in [1.807, 2.05) is 25.1 Å². The number of hydrogen-bond donors (Lipinski definition) is 2. The summed E-state index contributed by atoms with van der Waals surface area (Å²) in [5.74, 6) is 0.462. The van der Waals surface area contributed by atoms with Gasteiger partial charge in [0.2, 0.25) is 0 Å². The molecule has 0 radical (unpaired) electrons. The summed E-state index contributed by atoms with van der Waals surface area (Å²) >= 11 is 0. The van der Waals surface area contributed by atoms with Crippen LogP contribution in [0, 0.1) is 0 Å². The van der Waals surface area contributed by atoms with Crippen molar-refractivity contribution in [3.8, 4) is 0 Å². The maximum Gasteiger partial charge on any atom is 0.0391 e. The monoisotopic (exact) mass is 190 g/mol. The fourth-order valence-electron chi connectivity index (χ4n) is 1.50. The molecule has 76 valence electrons. The van der Waals surface area contributed by atoms with Gasteiger partial charge >= 0.3 is 0 Å². The normalized spacial score (nSPS) is 12.1. The molecule has 1 rings (SSSR count). The van der Waals surface area contributed by atoms with Crippen molar-refractivity contribution >= 4 is 11.8 Å². The van der Waals surface area contributed by atoms with E-state index < -0.39 is 0 Å². The fourth-order valence-corrected chi connectivity index (χ4v) is 1.50. The summed E-state index contributed by atoms with van der Waals surface area (Å²) in [5.41, 5.74) is 15.5. The molecule has 0 saturated heterocycles. The van der Waals surface area contributed by atoms with Gasteiger partial charge in [0, 0.05) is 16.9 Å². The highest BCUT2D eigenvalue weighted by atomic mass is 14.6. The summed E-state index contributed by atoms with van der Waals surface area (Å²) in [6.07, 6.45) is 1.94. The largest absolute Gasteiger partial charge is 0.402 e. The maximum atomic E-state index is 5.91. The van der Waals surface area contributed by atoms with Crippen molar-refractivity contribution in [1.29, 1.82) is 0 Å². The number of allylic oxidation sites excluding steroid dienone is 1. The number of rotatable bonds is 2. The highest BCUT2D eigenvalue weighted by Crippen LogP contribution is 2.25. The number of anilines is 1. The molecule has 0 aliphatic carbocycles. The van der Waals surface area contributed by atoms with E-state index in [4.69, 9.17) is 11.5 Å². The Hall–Kier alpha value is -1.44. The molecule has 0 heterocycles. The second-order valence-electron chi connectivity index (χ2n) is 3.89. The van der Waals surface area contributed by atoms with Crippen LogP contribution in [0.15, 0.2) is 23.9 Å². The summed E-state index contributed by atoms with van der Waals surface area (Å²) in [4.78, 5) is 0. The van der Waals surface area contributed by atoms with Crippen molar-refractivity contribution < 1.29 is 0 Å². The molecule has 14 heavy (non-hydrogen) atoms. The van der Waals surface area contributed by atoms with Crippen molar-refractivity contribution in [3.63, 3.8) is 0 Å². The molecule has 4 N–H and O–H groups in total. The number of hydrogen-bond acceptors (Lipinski definition) is 2. The van der Waals surface area contributed by atoms with Gasteiger partial charge in [0.15, 0.2) is 0 Å². The third-order valence-electron chi connectivity index (χ3n) is 2.17. The van der Waals surface area contributed by atoms with Gasteiger partial charge in [-0.25, -0.2) is 0 Å². The minimum Gasteiger partial charge on any atom is -0.402 e. The van der Waals surface area contributed by atoms with E-state index in [0.717, 1.165) is 16.9 Å². The molecule has 0 atom stereocenters. The Morgan fingerprint density at radius 3 is 2.50 bits per heavy atom. The summed E-state index contributed by atoms with van der Waals surface area (Å²) < 4.78 is 0. The summed E-state index contributed by atoms with van der Waals surface area (Å²) in [5, 5.41) is 0. The Morgan fingerprint density at radius 2 is 2.00 bits per heavy atom. The molecule has 0 fully saturated rings.